The number of rotatable bonds is 6. The van der Waals surface area contributed by atoms with Crippen molar-refractivity contribution in [2.75, 3.05) is 0 Å². The van der Waals surface area contributed by atoms with E-state index >= 15 is 0 Å². The average Bonchev–Trinajstić information content (AvgIpc) is 2.79. The van der Waals surface area contributed by atoms with Gasteiger partial charge in [-0.25, -0.2) is 0 Å². The molecule has 4 aromatic carbocycles. The zero-order chi connectivity index (χ0) is 19.2. The van der Waals surface area contributed by atoms with Crippen molar-refractivity contribution in [3.8, 4) is 33.4 Å². The topological polar surface area (TPSA) is 0 Å². The lowest BCUT2D eigenvalue weighted by Crippen LogP contribution is -1.97. The Balaban J connectivity index is 2.04. The first-order valence-electron chi connectivity index (χ1n) is 10.2. The second-order valence-electron chi connectivity index (χ2n) is 7.22. The minimum absolute atomic E-state index is 1.11. The van der Waals surface area contributed by atoms with Gasteiger partial charge >= 0.3 is 0 Å². The smallest absolute Gasteiger partial charge is 0.00240 e. The van der Waals surface area contributed by atoms with E-state index in [-0.39, 0.29) is 0 Å². The van der Waals surface area contributed by atoms with Crippen molar-refractivity contribution < 1.29 is 0 Å². The SMILES string of the molecule is CCCCc1ccc(-c2ccccc2)c(-c2ccccc2)c1-c1ccccc1. The van der Waals surface area contributed by atoms with Crippen LogP contribution in [0.15, 0.2) is 103 Å². The molecule has 0 aliphatic rings. The summed E-state index contributed by atoms with van der Waals surface area (Å²) < 4.78 is 0. The summed E-state index contributed by atoms with van der Waals surface area (Å²) in [4.78, 5) is 0. The molecular formula is C28H26. The van der Waals surface area contributed by atoms with Gasteiger partial charge in [0.05, 0.1) is 0 Å². The molecule has 0 bridgehead atoms. The van der Waals surface area contributed by atoms with Crippen LogP contribution in [0.25, 0.3) is 33.4 Å². The van der Waals surface area contributed by atoms with Gasteiger partial charge in [0.15, 0.2) is 0 Å². The molecule has 0 saturated heterocycles. The molecule has 138 valence electrons. The number of aryl methyl sites for hydroxylation is 1. The van der Waals surface area contributed by atoms with Crippen LogP contribution >= 0.6 is 0 Å². The summed E-state index contributed by atoms with van der Waals surface area (Å²) in [6, 6.07) is 37.1. The number of hydrogen-bond donors (Lipinski definition) is 0. The summed E-state index contributed by atoms with van der Waals surface area (Å²) in [5.74, 6) is 0. The van der Waals surface area contributed by atoms with Gasteiger partial charge in [0.25, 0.3) is 0 Å². The van der Waals surface area contributed by atoms with Gasteiger partial charge in [0.2, 0.25) is 0 Å². The van der Waals surface area contributed by atoms with Gasteiger partial charge in [-0.05, 0) is 51.8 Å². The zero-order valence-corrected chi connectivity index (χ0v) is 16.4. The molecule has 0 heterocycles. The predicted molar refractivity (Wildman–Crippen MR) is 121 cm³/mol. The van der Waals surface area contributed by atoms with Gasteiger partial charge in [0.1, 0.15) is 0 Å². The molecule has 0 spiro atoms. The summed E-state index contributed by atoms with van der Waals surface area (Å²) >= 11 is 0. The van der Waals surface area contributed by atoms with E-state index in [0.29, 0.717) is 0 Å². The van der Waals surface area contributed by atoms with E-state index in [1.807, 2.05) is 0 Å². The molecule has 0 amide bonds. The molecule has 0 aromatic heterocycles. The molecule has 0 nitrogen and oxygen atoms in total. The maximum Gasteiger partial charge on any atom is -0.00240 e. The summed E-state index contributed by atoms with van der Waals surface area (Å²) in [5, 5.41) is 0. The van der Waals surface area contributed by atoms with E-state index in [1.165, 1.54) is 51.8 Å². The number of hydrogen-bond acceptors (Lipinski definition) is 0. The highest BCUT2D eigenvalue weighted by molar-refractivity contribution is 5.96. The van der Waals surface area contributed by atoms with Crippen LogP contribution in [0.5, 0.6) is 0 Å². The monoisotopic (exact) mass is 362 g/mol. The van der Waals surface area contributed by atoms with Crippen LogP contribution in [-0.4, -0.2) is 0 Å². The van der Waals surface area contributed by atoms with Gasteiger partial charge in [0, 0.05) is 0 Å². The zero-order valence-electron chi connectivity index (χ0n) is 16.4. The van der Waals surface area contributed by atoms with Crippen LogP contribution in [-0.2, 0) is 6.42 Å². The molecule has 0 atom stereocenters. The minimum atomic E-state index is 1.11. The Labute approximate surface area is 168 Å². The fraction of sp³-hybridized carbons (Fsp3) is 0.143. The van der Waals surface area contributed by atoms with Crippen molar-refractivity contribution >= 4 is 0 Å². The predicted octanol–water partition coefficient (Wildman–Crippen LogP) is 8.03. The van der Waals surface area contributed by atoms with Crippen molar-refractivity contribution in [3.63, 3.8) is 0 Å². The molecule has 28 heavy (non-hydrogen) atoms. The molecule has 4 rings (SSSR count). The molecule has 0 fully saturated rings. The third-order valence-corrected chi connectivity index (χ3v) is 5.30. The summed E-state index contributed by atoms with van der Waals surface area (Å²) in [6.07, 6.45) is 3.52. The molecule has 0 aliphatic heterocycles. The fourth-order valence-corrected chi connectivity index (χ4v) is 3.92. The van der Waals surface area contributed by atoms with E-state index < -0.39 is 0 Å². The summed E-state index contributed by atoms with van der Waals surface area (Å²) in [5.41, 5.74) is 9.29. The summed E-state index contributed by atoms with van der Waals surface area (Å²) in [6.45, 7) is 2.26. The van der Waals surface area contributed by atoms with Crippen LogP contribution in [0.3, 0.4) is 0 Å². The van der Waals surface area contributed by atoms with Crippen LogP contribution in [0.1, 0.15) is 25.3 Å². The van der Waals surface area contributed by atoms with Gasteiger partial charge in [-0.1, -0.05) is 116 Å². The maximum absolute atomic E-state index is 2.34. The lowest BCUT2D eigenvalue weighted by molar-refractivity contribution is 0.796. The van der Waals surface area contributed by atoms with Crippen LogP contribution in [0.2, 0.25) is 0 Å². The Morgan fingerprint density at radius 1 is 0.500 bits per heavy atom. The van der Waals surface area contributed by atoms with E-state index in [1.54, 1.807) is 0 Å². The number of benzene rings is 4. The Hall–Kier alpha value is -3.12. The van der Waals surface area contributed by atoms with Gasteiger partial charge in [-0.15, -0.1) is 0 Å². The van der Waals surface area contributed by atoms with Crippen molar-refractivity contribution in [1.29, 1.82) is 0 Å². The first kappa shape index (κ1) is 18.3. The molecule has 0 unspecified atom stereocenters. The second kappa shape index (κ2) is 8.71. The highest BCUT2D eigenvalue weighted by Gasteiger charge is 2.17. The van der Waals surface area contributed by atoms with Crippen LogP contribution in [0, 0.1) is 0 Å². The highest BCUT2D eigenvalue weighted by atomic mass is 14.2. The van der Waals surface area contributed by atoms with Gasteiger partial charge < -0.3 is 0 Å². The molecule has 0 aliphatic carbocycles. The highest BCUT2D eigenvalue weighted by Crippen LogP contribution is 2.42. The standard InChI is InChI=1S/C28H26/c1-2-3-13-25-20-21-26(22-14-7-4-8-15-22)28(24-18-11-6-12-19-24)27(25)23-16-9-5-10-17-23/h4-12,14-21H,2-3,13H2,1H3. The van der Waals surface area contributed by atoms with Crippen molar-refractivity contribution in [3.05, 3.63) is 109 Å². The number of unbranched alkanes of at least 4 members (excludes halogenated alkanes) is 1. The lowest BCUT2D eigenvalue weighted by atomic mass is 9.83. The Morgan fingerprint density at radius 3 is 1.54 bits per heavy atom. The van der Waals surface area contributed by atoms with Gasteiger partial charge in [-0.3, -0.25) is 0 Å². The van der Waals surface area contributed by atoms with E-state index in [2.05, 4.69) is 110 Å². The fourth-order valence-electron chi connectivity index (χ4n) is 3.92. The van der Waals surface area contributed by atoms with Crippen LogP contribution in [0.4, 0.5) is 0 Å². The van der Waals surface area contributed by atoms with Crippen molar-refractivity contribution in [1.82, 2.24) is 0 Å². The largest absolute Gasteiger partial charge is 0.0654 e. The molecule has 0 radical (unpaired) electrons. The van der Waals surface area contributed by atoms with E-state index in [9.17, 15) is 0 Å². The third kappa shape index (κ3) is 3.77. The first-order valence-corrected chi connectivity index (χ1v) is 10.2. The normalized spacial score (nSPS) is 10.8. The minimum Gasteiger partial charge on any atom is -0.0654 e. The Kier molecular flexibility index (Phi) is 5.68. The van der Waals surface area contributed by atoms with Gasteiger partial charge in [-0.2, -0.15) is 0 Å². The Bertz CT molecular complexity index is 1020. The van der Waals surface area contributed by atoms with E-state index in [0.717, 1.165) is 6.42 Å². The Morgan fingerprint density at radius 2 is 1.00 bits per heavy atom. The maximum atomic E-state index is 2.34. The molecule has 0 heteroatoms. The van der Waals surface area contributed by atoms with Crippen molar-refractivity contribution in [2.45, 2.75) is 26.2 Å². The second-order valence-corrected chi connectivity index (χ2v) is 7.22. The first-order chi connectivity index (χ1) is 13.9. The van der Waals surface area contributed by atoms with Crippen molar-refractivity contribution in [2.24, 2.45) is 0 Å². The molecular weight excluding hydrogens is 336 g/mol. The third-order valence-electron chi connectivity index (χ3n) is 5.30. The molecule has 0 saturated carbocycles. The van der Waals surface area contributed by atoms with Crippen LogP contribution < -0.4 is 0 Å². The summed E-state index contributed by atoms with van der Waals surface area (Å²) in [7, 11) is 0. The molecule has 0 N–H and O–H groups in total. The quantitative estimate of drug-likeness (QED) is 0.325. The lowest BCUT2D eigenvalue weighted by Gasteiger charge is -2.20. The molecule has 4 aromatic rings. The van der Waals surface area contributed by atoms with E-state index in [4.69, 9.17) is 0 Å². The average molecular weight is 363 g/mol.